The summed E-state index contributed by atoms with van der Waals surface area (Å²) < 4.78 is 5.50. The van der Waals surface area contributed by atoms with E-state index in [0.717, 1.165) is 24.2 Å². The first-order valence-corrected chi connectivity index (χ1v) is 9.77. The van der Waals surface area contributed by atoms with E-state index in [2.05, 4.69) is 17.1 Å². The van der Waals surface area contributed by atoms with Gasteiger partial charge >= 0.3 is 6.09 Å². The van der Waals surface area contributed by atoms with Crippen molar-refractivity contribution in [2.75, 3.05) is 18.2 Å². The smallest absolute Gasteiger partial charge is 0.410 e. The Morgan fingerprint density at radius 2 is 1.89 bits per heavy atom. The van der Waals surface area contributed by atoms with E-state index in [9.17, 15) is 4.79 Å². The summed E-state index contributed by atoms with van der Waals surface area (Å²) in [7, 11) is 0. The van der Waals surface area contributed by atoms with Gasteiger partial charge in [0.1, 0.15) is 12.7 Å². The molecule has 2 aliphatic heterocycles. The molecule has 1 aromatic heterocycles. The lowest BCUT2D eigenvalue weighted by molar-refractivity contribution is 0.0276. The van der Waals surface area contributed by atoms with Gasteiger partial charge < -0.3 is 9.64 Å². The third kappa shape index (κ3) is 2.85. The number of ether oxygens (including phenoxy) is 1. The Bertz CT molecular complexity index is 863. The highest BCUT2D eigenvalue weighted by molar-refractivity contribution is 5.67. The number of amides is 1. The molecule has 3 heterocycles. The lowest BCUT2D eigenvalue weighted by Crippen LogP contribution is -2.49. The van der Waals surface area contributed by atoms with E-state index in [1.165, 1.54) is 0 Å². The summed E-state index contributed by atoms with van der Waals surface area (Å²) in [5, 5.41) is 1.94. The molecule has 1 amide bonds. The summed E-state index contributed by atoms with van der Waals surface area (Å²) >= 11 is 0. The number of pyridine rings is 1. The molecule has 2 atom stereocenters. The van der Waals surface area contributed by atoms with Crippen LogP contribution in [-0.2, 0) is 16.2 Å². The molecule has 6 nitrogen and oxygen atoms in total. The summed E-state index contributed by atoms with van der Waals surface area (Å²) in [4.78, 5) is 24.9. The molecule has 5 rings (SSSR count). The van der Waals surface area contributed by atoms with Gasteiger partial charge in [-0.15, -0.1) is 0 Å². The van der Waals surface area contributed by atoms with Gasteiger partial charge in [-0.3, -0.25) is 4.84 Å². The quantitative estimate of drug-likeness (QED) is 0.766. The number of rotatable bonds is 3. The van der Waals surface area contributed by atoms with Crippen LogP contribution in [0.25, 0.3) is 0 Å². The minimum absolute atomic E-state index is 0.00767. The van der Waals surface area contributed by atoms with Gasteiger partial charge in [-0.2, -0.15) is 0 Å². The van der Waals surface area contributed by atoms with Crippen LogP contribution in [0.4, 0.5) is 10.6 Å². The van der Waals surface area contributed by atoms with Gasteiger partial charge in [0.25, 0.3) is 0 Å². The molecule has 2 fully saturated rings. The fourth-order valence-corrected chi connectivity index (χ4v) is 4.57. The highest BCUT2D eigenvalue weighted by Crippen LogP contribution is 2.52. The van der Waals surface area contributed by atoms with Crippen LogP contribution in [0, 0.1) is 5.41 Å². The van der Waals surface area contributed by atoms with Crippen LogP contribution >= 0.6 is 0 Å². The highest BCUT2D eigenvalue weighted by atomic mass is 16.7. The Morgan fingerprint density at radius 1 is 1.11 bits per heavy atom. The number of hydrogen-bond donors (Lipinski definition) is 0. The van der Waals surface area contributed by atoms with Crippen molar-refractivity contribution < 1.29 is 14.4 Å². The number of hydrogen-bond acceptors (Lipinski definition) is 5. The zero-order chi connectivity index (χ0) is 19.0. The van der Waals surface area contributed by atoms with Crippen LogP contribution < -0.4 is 5.06 Å². The van der Waals surface area contributed by atoms with Crippen molar-refractivity contribution in [1.82, 2.24) is 9.88 Å². The average molecular weight is 377 g/mol. The maximum atomic E-state index is 12.5. The molecule has 0 radical (unpaired) electrons. The summed E-state index contributed by atoms with van der Waals surface area (Å²) in [5.74, 6) is 0.837. The first kappa shape index (κ1) is 17.3. The zero-order valence-electron chi connectivity index (χ0n) is 15.6. The molecule has 2 aromatic rings. The molecule has 1 aliphatic carbocycles. The number of anilines is 1. The molecule has 6 heteroatoms. The van der Waals surface area contributed by atoms with E-state index in [1.807, 2.05) is 58.5 Å². The fourth-order valence-electron chi connectivity index (χ4n) is 4.57. The summed E-state index contributed by atoms with van der Waals surface area (Å²) in [6.07, 6.45) is 7.76. The second-order valence-corrected chi connectivity index (χ2v) is 7.63. The first-order chi connectivity index (χ1) is 13.8. The maximum absolute atomic E-state index is 12.5. The molecule has 1 spiro atoms. The zero-order valence-corrected chi connectivity index (χ0v) is 15.6. The highest BCUT2D eigenvalue weighted by Gasteiger charge is 2.58. The van der Waals surface area contributed by atoms with Crippen molar-refractivity contribution >= 4 is 11.9 Å². The molecule has 0 saturated carbocycles. The number of benzene rings is 1. The lowest BCUT2D eigenvalue weighted by atomic mass is 9.72. The molecular formula is C22H23N3O3. The van der Waals surface area contributed by atoms with E-state index in [-0.39, 0.29) is 23.7 Å². The van der Waals surface area contributed by atoms with Gasteiger partial charge in [0.05, 0.1) is 6.04 Å². The van der Waals surface area contributed by atoms with Crippen molar-refractivity contribution in [2.24, 2.45) is 5.41 Å². The van der Waals surface area contributed by atoms with Crippen molar-refractivity contribution in [3.8, 4) is 0 Å². The Labute approximate surface area is 164 Å². The number of carbonyl (C=O) groups excluding carboxylic acids is 1. The number of aromatic nitrogens is 1. The normalized spacial score (nSPS) is 24.7. The van der Waals surface area contributed by atoms with Gasteiger partial charge in [-0.1, -0.05) is 48.6 Å². The number of nitrogens with zero attached hydrogens (tertiary/aromatic N) is 3. The predicted molar refractivity (Wildman–Crippen MR) is 104 cm³/mol. The standard InChI is InChI=1S/C22H23N3O3/c26-21(27-16-17-6-2-1-3-7-17)24-14-11-22(12-15-24)18-9-10-19(22)28-25(18)20-8-4-5-13-23-20/h1-10,13,18-19H,11-12,14-16H2/t18-,19+/m1/s1. The Hall–Kier alpha value is -2.86. The van der Waals surface area contributed by atoms with Gasteiger partial charge in [-0.25, -0.2) is 14.8 Å². The van der Waals surface area contributed by atoms with E-state index in [0.29, 0.717) is 19.7 Å². The molecule has 2 saturated heterocycles. The third-order valence-electron chi connectivity index (χ3n) is 6.14. The monoisotopic (exact) mass is 377 g/mol. The second kappa shape index (κ2) is 6.95. The molecule has 0 N–H and O–H groups in total. The van der Waals surface area contributed by atoms with Crippen LogP contribution in [0.2, 0.25) is 0 Å². The van der Waals surface area contributed by atoms with Gasteiger partial charge in [-0.05, 0) is 30.5 Å². The van der Waals surface area contributed by atoms with Crippen molar-refractivity contribution in [1.29, 1.82) is 0 Å². The van der Waals surface area contributed by atoms with Crippen LogP contribution in [-0.4, -0.2) is 41.2 Å². The second-order valence-electron chi connectivity index (χ2n) is 7.63. The van der Waals surface area contributed by atoms with Crippen molar-refractivity contribution in [2.45, 2.75) is 31.6 Å². The summed E-state index contributed by atoms with van der Waals surface area (Å²) in [5.41, 5.74) is 1.01. The largest absolute Gasteiger partial charge is 0.445 e. The molecule has 1 aromatic carbocycles. The minimum atomic E-state index is -0.237. The molecule has 144 valence electrons. The van der Waals surface area contributed by atoms with Crippen LogP contribution in [0.15, 0.2) is 66.9 Å². The van der Waals surface area contributed by atoms with E-state index < -0.39 is 0 Å². The van der Waals surface area contributed by atoms with Crippen molar-refractivity contribution in [3.63, 3.8) is 0 Å². The number of carbonyl (C=O) groups is 1. The third-order valence-corrected chi connectivity index (χ3v) is 6.14. The van der Waals surface area contributed by atoms with Crippen LogP contribution in [0.5, 0.6) is 0 Å². The van der Waals surface area contributed by atoms with E-state index in [1.54, 1.807) is 6.20 Å². The number of hydroxylamine groups is 1. The Balaban J connectivity index is 1.22. The molecule has 28 heavy (non-hydrogen) atoms. The summed E-state index contributed by atoms with van der Waals surface area (Å²) in [6.45, 7) is 1.67. The lowest BCUT2D eigenvalue weighted by Gasteiger charge is -2.40. The Kier molecular flexibility index (Phi) is 4.28. The van der Waals surface area contributed by atoms with Gasteiger partial charge in [0.15, 0.2) is 5.82 Å². The SMILES string of the molecule is O=C(OCc1ccccc1)N1CCC2(CC1)[C@@H]1C=C[C@H]2N(c2ccccn2)O1. The number of likely N-dealkylation sites (tertiary alicyclic amines) is 1. The Morgan fingerprint density at radius 3 is 2.64 bits per heavy atom. The molecular weight excluding hydrogens is 354 g/mol. The predicted octanol–water partition coefficient (Wildman–Crippen LogP) is 3.56. The fraction of sp³-hybridized carbons (Fsp3) is 0.364. The van der Waals surface area contributed by atoms with Crippen LogP contribution in [0.3, 0.4) is 0 Å². The van der Waals surface area contributed by atoms with E-state index in [4.69, 9.17) is 9.57 Å². The molecule has 0 unspecified atom stereocenters. The van der Waals surface area contributed by atoms with Crippen LogP contribution in [0.1, 0.15) is 18.4 Å². The molecule has 3 aliphatic rings. The summed E-state index contributed by atoms with van der Waals surface area (Å²) in [6, 6.07) is 15.8. The van der Waals surface area contributed by atoms with E-state index >= 15 is 0 Å². The average Bonchev–Trinajstić information content (AvgIpc) is 3.25. The van der Waals surface area contributed by atoms with Gasteiger partial charge in [0.2, 0.25) is 0 Å². The topological polar surface area (TPSA) is 54.9 Å². The minimum Gasteiger partial charge on any atom is -0.445 e. The first-order valence-electron chi connectivity index (χ1n) is 9.77. The molecule has 2 bridgehead atoms. The van der Waals surface area contributed by atoms with Gasteiger partial charge in [0, 0.05) is 24.7 Å². The maximum Gasteiger partial charge on any atom is 0.410 e. The van der Waals surface area contributed by atoms with Crippen molar-refractivity contribution in [3.05, 3.63) is 72.4 Å². The number of piperidine rings is 1.